The molecule has 0 saturated heterocycles. The molecule has 0 aromatic rings. The van der Waals surface area contributed by atoms with Crippen LogP contribution in [0.15, 0.2) is 0 Å². The van der Waals surface area contributed by atoms with Crippen molar-refractivity contribution in [1.29, 1.82) is 0 Å². The molecular weight excluding hydrogens is 576 g/mol. The van der Waals surface area contributed by atoms with E-state index in [0.717, 1.165) is 57.8 Å². The Balaban J connectivity index is 4.29. The number of unbranched alkanes of at least 4 members (excludes halogenated alkanes) is 25. The predicted molar refractivity (Wildman–Crippen MR) is 192 cm³/mol. The molecule has 0 aromatic carbocycles. The van der Waals surface area contributed by atoms with Crippen LogP contribution < -0.4 is 0 Å². The average Bonchev–Trinajstić information content (AvgIpc) is 3.05. The fraction of sp³-hybridized carbons (Fsp3) is 0.925. The number of esters is 3. The lowest BCUT2D eigenvalue weighted by Crippen LogP contribution is -2.30. The second-order valence-corrected chi connectivity index (χ2v) is 13.6. The van der Waals surface area contributed by atoms with Gasteiger partial charge in [0.2, 0.25) is 0 Å². The van der Waals surface area contributed by atoms with E-state index in [4.69, 9.17) is 14.2 Å². The van der Waals surface area contributed by atoms with E-state index in [2.05, 4.69) is 20.8 Å². The first-order valence-electron chi connectivity index (χ1n) is 20.0. The van der Waals surface area contributed by atoms with Crippen LogP contribution in [0.3, 0.4) is 0 Å². The standard InChI is InChI=1S/C40H76O6/c1-4-7-10-13-16-19-20-21-22-25-27-30-33-39(42)45-36-37(46-40(43)34-31-28-24-18-15-12-9-6-3)35-44-38(41)32-29-26-23-17-14-11-8-5-2/h37H,4-36H2,1-3H3. The maximum atomic E-state index is 12.5. The van der Waals surface area contributed by atoms with Gasteiger partial charge in [-0.05, 0) is 19.3 Å². The number of hydrogen-bond acceptors (Lipinski definition) is 6. The van der Waals surface area contributed by atoms with Gasteiger partial charge in [-0.25, -0.2) is 0 Å². The first kappa shape index (κ1) is 44.4. The third-order valence-electron chi connectivity index (χ3n) is 8.86. The summed E-state index contributed by atoms with van der Waals surface area (Å²) in [7, 11) is 0. The lowest BCUT2D eigenvalue weighted by molar-refractivity contribution is -0.167. The summed E-state index contributed by atoms with van der Waals surface area (Å²) in [5, 5.41) is 0. The van der Waals surface area contributed by atoms with E-state index in [1.54, 1.807) is 0 Å². The highest BCUT2D eigenvalue weighted by Crippen LogP contribution is 2.14. The molecule has 0 heterocycles. The maximum Gasteiger partial charge on any atom is 0.306 e. The number of rotatable bonds is 36. The van der Waals surface area contributed by atoms with E-state index in [9.17, 15) is 14.4 Å². The summed E-state index contributed by atoms with van der Waals surface area (Å²) in [5.74, 6) is -0.869. The summed E-state index contributed by atoms with van der Waals surface area (Å²) in [6, 6.07) is 0. The van der Waals surface area contributed by atoms with Gasteiger partial charge in [-0.15, -0.1) is 0 Å². The van der Waals surface area contributed by atoms with Gasteiger partial charge in [0.1, 0.15) is 13.2 Å². The molecule has 0 rings (SSSR count). The molecule has 6 nitrogen and oxygen atoms in total. The molecule has 0 radical (unpaired) electrons. The summed E-state index contributed by atoms with van der Waals surface area (Å²) in [5.41, 5.74) is 0. The zero-order chi connectivity index (χ0) is 33.8. The van der Waals surface area contributed by atoms with Gasteiger partial charge >= 0.3 is 17.9 Å². The van der Waals surface area contributed by atoms with Crippen LogP contribution in [-0.4, -0.2) is 37.2 Å². The molecule has 0 aliphatic heterocycles. The molecule has 1 atom stereocenters. The molecule has 0 spiro atoms. The van der Waals surface area contributed by atoms with E-state index in [-0.39, 0.29) is 31.1 Å². The Labute approximate surface area is 285 Å². The molecule has 1 unspecified atom stereocenters. The van der Waals surface area contributed by atoms with Gasteiger partial charge in [-0.3, -0.25) is 14.4 Å². The van der Waals surface area contributed by atoms with Gasteiger partial charge in [0.15, 0.2) is 6.10 Å². The van der Waals surface area contributed by atoms with Crippen molar-refractivity contribution in [2.45, 2.75) is 226 Å². The SMILES string of the molecule is CCCCCCCCCCCCCCC(=O)OCC(COC(=O)CCCCCCCCCC)OC(=O)CCCCCCCCCC. The highest BCUT2D eigenvalue weighted by Gasteiger charge is 2.19. The molecule has 0 saturated carbocycles. The number of ether oxygens (including phenoxy) is 3. The Kier molecular flexibility index (Phi) is 35.0. The van der Waals surface area contributed by atoms with Crippen molar-refractivity contribution in [1.82, 2.24) is 0 Å². The zero-order valence-corrected chi connectivity index (χ0v) is 30.9. The van der Waals surface area contributed by atoms with Crippen molar-refractivity contribution in [3.63, 3.8) is 0 Å². The Bertz CT molecular complexity index is 679. The number of carbonyl (C=O) groups excluding carboxylic acids is 3. The Morgan fingerprint density at radius 2 is 0.587 bits per heavy atom. The third-order valence-corrected chi connectivity index (χ3v) is 8.86. The summed E-state index contributed by atoms with van der Waals surface area (Å²) < 4.78 is 16.6. The predicted octanol–water partition coefficient (Wildman–Crippen LogP) is 12.1. The van der Waals surface area contributed by atoms with Gasteiger partial charge < -0.3 is 14.2 Å². The van der Waals surface area contributed by atoms with Crippen molar-refractivity contribution < 1.29 is 28.6 Å². The molecule has 0 bridgehead atoms. The molecule has 0 aliphatic rings. The molecule has 0 aromatic heterocycles. The van der Waals surface area contributed by atoms with E-state index < -0.39 is 6.10 Å². The Hall–Kier alpha value is -1.59. The lowest BCUT2D eigenvalue weighted by Gasteiger charge is -2.18. The lowest BCUT2D eigenvalue weighted by atomic mass is 10.0. The normalized spacial score (nSPS) is 11.8. The van der Waals surface area contributed by atoms with Crippen LogP contribution >= 0.6 is 0 Å². The highest BCUT2D eigenvalue weighted by atomic mass is 16.6. The minimum absolute atomic E-state index is 0.0642. The van der Waals surface area contributed by atoms with Crippen molar-refractivity contribution in [3.8, 4) is 0 Å². The molecule has 272 valence electrons. The fourth-order valence-electron chi connectivity index (χ4n) is 5.79. The maximum absolute atomic E-state index is 12.5. The molecule has 0 N–H and O–H groups in total. The fourth-order valence-corrected chi connectivity index (χ4v) is 5.79. The first-order valence-corrected chi connectivity index (χ1v) is 20.0. The van der Waals surface area contributed by atoms with Gasteiger partial charge in [0.05, 0.1) is 0 Å². The van der Waals surface area contributed by atoms with Crippen LogP contribution in [0.1, 0.15) is 220 Å². The van der Waals surface area contributed by atoms with Gasteiger partial charge in [0.25, 0.3) is 0 Å². The minimum atomic E-state index is -0.755. The summed E-state index contributed by atoms with van der Waals surface area (Å²) in [6.45, 7) is 6.57. The van der Waals surface area contributed by atoms with Crippen molar-refractivity contribution >= 4 is 17.9 Å². The molecule has 0 amide bonds. The van der Waals surface area contributed by atoms with Crippen LogP contribution in [0.5, 0.6) is 0 Å². The van der Waals surface area contributed by atoms with Gasteiger partial charge in [0, 0.05) is 19.3 Å². The van der Waals surface area contributed by atoms with Crippen LogP contribution in [-0.2, 0) is 28.6 Å². The second-order valence-electron chi connectivity index (χ2n) is 13.6. The quantitative estimate of drug-likeness (QED) is 0.0381. The molecule has 6 heteroatoms. The van der Waals surface area contributed by atoms with Crippen LogP contribution in [0.4, 0.5) is 0 Å². The van der Waals surface area contributed by atoms with Crippen molar-refractivity contribution in [3.05, 3.63) is 0 Å². The van der Waals surface area contributed by atoms with E-state index in [1.165, 1.54) is 122 Å². The molecule has 0 aliphatic carbocycles. The minimum Gasteiger partial charge on any atom is -0.462 e. The van der Waals surface area contributed by atoms with E-state index in [1.807, 2.05) is 0 Å². The summed E-state index contributed by atoms with van der Waals surface area (Å²) in [4.78, 5) is 37.3. The average molecular weight is 653 g/mol. The largest absolute Gasteiger partial charge is 0.462 e. The monoisotopic (exact) mass is 653 g/mol. The zero-order valence-electron chi connectivity index (χ0n) is 30.9. The number of carbonyl (C=O) groups is 3. The third kappa shape index (κ3) is 33.8. The van der Waals surface area contributed by atoms with E-state index in [0.29, 0.717) is 19.3 Å². The second kappa shape index (κ2) is 36.2. The Morgan fingerprint density at radius 1 is 0.348 bits per heavy atom. The van der Waals surface area contributed by atoms with Gasteiger partial charge in [-0.1, -0.05) is 181 Å². The topological polar surface area (TPSA) is 78.9 Å². The Morgan fingerprint density at radius 3 is 0.870 bits per heavy atom. The van der Waals surface area contributed by atoms with Crippen LogP contribution in [0.2, 0.25) is 0 Å². The van der Waals surface area contributed by atoms with Crippen LogP contribution in [0, 0.1) is 0 Å². The van der Waals surface area contributed by atoms with Gasteiger partial charge in [-0.2, -0.15) is 0 Å². The van der Waals surface area contributed by atoms with Crippen molar-refractivity contribution in [2.24, 2.45) is 0 Å². The highest BCUT2D eigenvalue weighted by molar-refractivity contribution is 5.71. The molecular formula is C40H76O6. The van der Waals surface area contributed by atoms with E-state index >= 15 is 0 Å². The number of hydrogen-bond donors (Lipinski definition) is 0. The first-order chi connectivity index (χ1) is 22.5. The summed E-state index contributed by atoms with van der Waals surface area (Å²) >= 11 is 0. The summed E-state index contributed by atoms with van der Waals surface area (Å²) in [6.07, 6.45) is 33.8. The molecule has 46 heavy (non-hydrogen) atoms. The van der Waals surface area contributed by atoms with Crippen molar-refractivity contribution in [2.75, 3.05) is 13.2 Å². The molecule has 0 fully saturated rings. The smallest absolute Gasteiger partial charge is 0.306 e. The van der Waals surface area contributed by atoms with Crippen LogP contribution in [0.25, 0.3) is 0 Å².